The molecule has 4 aliphatic carbocycles. The quantitative estimate of drug-likeness (QED) is 0.0480. The Morgan fingerprint density at radius 3 is 1.38 bits per heavy atom. The normalized spacial score (nSPS) is 24.9. The molecule has 0 saturated heterocycles. The highest BCUT2D eigenvalue weighted by molar-refractivity contribution is 7.79. The smallest absolute Gasteiger partial charge is 0.309 e. The molecule has 0 bridgehead atoms. The lowest BCUT2D eigenvalue weighted by Gasteiger charge is -2.35. The van der Waals surface area contributed by atoms with E-state index in [1.165, 1.54) is 19.3 Å². The summed E-state index contributed by atoms with van der Waals surface area (Å²) in [5.41, 5.74) is 15.5. The second-order valence-corrected chi connectivity index (χ2v) is 18.8. The molecule has 2 heterocycles. The van der Waals surface area contributed by atoms with Crippen molar-refractivity contribution >= 4 is 40.0 Å². The van der Waals surface area contributed by atoms with E-state index < -0.39 is 27.9 Å². The van der Waals surface area contributed by atoms with Gasteiger partial charge in [-0.2, -0.15) is 13.8 Å². The molecule has 7 N–H and O–H groups in total. The van der Waals surface area contributed by atoms with Crippen molar-refractivity contribution in [3.8, 4) is 6.07 Å². The molecule has 22 nitrogen and oxygen atoms in total. The van der Waals surface area contributed by atoms with Crippen LogP contribution in [0.5, 0.6) is 0 Å². The van der Waals surface area contributed by atoms with E-state index in [2.05, 4.69) is 39.5 Å². The predicted octanol–water partition coefficient (Wildman–Crippen LogP) is 5.39. The Balaban J connectivity index is 0.000000215. The predicted molar refractivity (Wildman–Crippen MR) is 224 cm³/mol. The molecule has 0 amide bonds. The molecule has 4 fully saturated rings. The maximum absolute atomic E-state index is 10.9. The van der Waals surface area contributed by atoms with Gasteiger partial charge in [-0.25, -0.2) is 19.4 Å². The van der Waals surface area contributed by atoms with Gasteiger partial charge in [0.05, 0.1) is 6.07 Å². The maximum atomic E-state index is 10.9. The van der Waals surface area contributed by atoms with Crippen LogP contribution in [0.15, 0.2) is 14.0 Å². The summed E-state index contributed by atoms with van der Waals surface area (Å²) in [4.78, 5) is 31.0. The monoisotopic (exact) mass is 889 g/mol. The van der Waals surface area contributed by atoms with Crippen molar-refractivity contribution < 1.29 is 37.0 Å². The van der Waals surface area contributed by atoms with Crippen molar-refractivity contribution in [1.29, 1.82) is 5.26 Å². The average molecular weight is 890 g/mol. The van der Waals surface area contributed by atoms with Crippen LogP contribution < -0.4 is 22.4 Å². The van der Waals surface area contributed by atoms with Crippen LogP contribution in [0.4, 0.5) is 0 Å². The van der Waals surface area contributed by atoms with Crippen molar-refractivity contribution in [3.05, 3.63) is 30.3 Å². The first-order valence-corrected chi connectivity index (χ1v) is 22.9. The third-order valence-electron chi connectivity index (χ3n) is 12.5. The van der Waals surface area contributed by atoms with Crippen LogP contribution in [0.25, 0.3) is 0 Å². The molecule has 4 saturated carbocycles. The zero-order valence-electron chi connectivity index (χ0n) is 34.4. The summed E-state index contributed by atoms with van der Waals surface area (Å²) in [5.74, 6) is 1.24. The highest BCUT2D eigenvalue weighted by Gasteiger charge is 2.41. The van der Waals surface area contributed by atoms with E-state index in [0.29, 0.717) is 37.5 Å². The highest BCUT2D eigenvalue weighted by Crippen LogP contribution is 2.42. The molecule has 60 heavy (non-hydrogen) atoms. The topological polar surface area (TPSA) is 339 Å². The number of nitriles is 1. The summed E-state index contributed by atoms with van der Waals surface area (Å²) >= 11 is -3.22. The van der Waals surface area contributed by atoms with E-state index in [4.69, 9.17) is 21.9 Å². The molecule has 24 heteroatoms. The molecular weight excluding hydrogens is 827 g/mol. The summed E-state index contributed by atoms with van der Waals surface area (Å²) in [6.07, 6.45) is 22.3. The van der Waals surface area contributed by atoms with Gasteiger partial charge >= 0.3 is 22.5 Å². The van der Waals surface area contributed by atoms with E-state index >= 15 is 0 Å². The fraction of sp³-hybridized carbons (Fsp3) is 0.889. The highest BCUT2D eigenvalue weighted by atomic mass is 32.2. The number of hydrogen-bond acceptors (Lipinski definition) is 16. The standard InChI is InChI=1S/C9H15N3O4S.C9H17N3O3.C9H17N3O2S.C9H14N2O2/c13-12(14)7-9(4-2-1-3-5-9)6-8-10-16-17(15)11-8;10-8(11-13)6-9(7-12(14)15)4-2-1-3-5-9;10-7-9(4-2-1-3-5-9)6-8-11-14-15(13)12-8;10-7-6-9(8-11(12)13)4-2-1-3-5-9/h1-7H2,(H,10,11);13H,1-7H2,(H2,10,11);1-7,10H2,(H,11,12);1-6,8H2. The summed E-state index contributed by atoms with van der Waals surface area (Å²) in [5, 5.41) is 51.9. The number of nitrogens with two attached hydrogens (primary N) is 2. The lowest BCUT2D eigenvalue weighted by atomic mass is 9.71. The van der Waals surface area contributed by atoms with Crippen LogP contribution in [-0.2, 0) is 31.1 Å². The third-order valence-corrected chi connectivity index (χ3v) is 13.7. The second-order valence-electron chi connectivity index (χ2n) is 17.3. The molecule has 2 atom stereocenters. The van der Waals surface area contributed by atoms with Crippen LogP contribution in [0, 0.1) is 63.3 Å². The zero-order valence-corrected chi connectivity index (χ0v) is 36.1. The lowest BCUT2D eigenvalue weighted by molar-refractivity contribution is -0.498. The average Bonchev–Trinajstić information content (AvgIpc) is 3.81. The Labute approximate surface area is 356 Å². The van der Waals surface area contributed by atoms with E-state index in [1.54, 1.807) is 0 Å². The molecule has 0 spiro atoms. The van der Waals surface area contributed by atoms with Crippen molar-refractivity contribution in [1.82, 2.24) is 11.0 Å². The van der Waals surface area contributed by atoms with Gasteiger partial charge < -0.3 is 16.7 Å². The minimum absolute atomic E-state index is 0.0272. The first-order chi connectivity index (χ1) is 28.6. The van der Waals surface area contributed by atoms with Crippen LogP contribution in [0.1, 0.15) is 154 Å². The zero-order chi connectivity index (χ0) is 44.1. The fourth-order valence-corrected chi connectivity index (χ4v) is 10.5. The Bertz CT molecular complexity index is 1600. The molecule has 340 valence electrons. The number of hydrogen-bond donors (Lipinski definition) is 5. The number of nitro groups is 3. The molecule has 6 aliphatic rings. The maximum Gasteiger partial charge on any atom is 0.309 e. The van der Waals surface area contributed by atoms with E-state index in [0.717, 1.165) is 116 Å². The molecule has 2 unspecified atom stereocenters. The third kappa shape index (κ3) is 17.6. The van der Waals surface area contributed by atoms with Gasteiger partial charge in [0, 0.05) is 56.7 Å². The summed E-state index contributed by atoms with van der Waals surface area (Å²) < 4.78 is 38.7. The number of nitrogens with one attached hydrogen (secondary N) is 2. The number of rotatable bonds is 14. The van der Waals surface area contributed by atoms with Crippen molar-refractivity contribution in [3.63, 3.8) is 0 Å². The van der Waals surface area contributed by atoms with Gasteiger partial charge in [-0.15, -0.1) is 8.80 Å². The minimum Gasteiger partial charge on any atom is -0.409 e. The fourth-order valence-electron chi connectivity index (χ4n) is 9.51. The van der Waals surface area contributed by atoms with Gasteiger partial charge in [-0.05, 0) is 63.3 Å². The molecule has 0 radical (unpaired) electrons. The van der Waals surface area contributed by atoms with Crippen LogP contribution in [-0.4, -0.2) is 72.1 Å². The van der Waals surface area contributed by atoms with Crippen molar-refractivity contribution in [2.75, 3.05) is 26.2 Å². The van der Waals surface area contributed by atoms with Gasteiger partial charge in [0.25, 0.3) is 0 Å². The number of amidine groups is 3. The SMILES string of the molecule is N#CCC1(C[N+](=O)[O-])CCCCC1.N/C(CC1(C[N+](=O)[O-])CCCCC1)=N\O.NCC1(CC2=NS(=O)ON2)CCCCC1.O=[N+]([O-])CC1(CC2=NS(=O)ON2)CCCCC1. The van der Waals surface area contributed by atoms with E-state index in [-0.39, 0.29) is 56.5 Å². The van der Waals surface area contributed by atoms with Gasteiger partial charge in [-0.1, -0.05) is 82.2 Å². The van der Waals surface area contributed by atoms with E-state index in [1.807, 2.05) is 0 Å². The number of nitrogens with zero attached hydrogens (tertiary/aromatic N) is 7. The van der Waals surface area contributed by atoms with Gasteiger partial charge in [-0.3, -0.25) is 30.3 Å². The number of oxime groups is 1. The summed E-state index contributed by atoms with van der Waals surface area (Å²) in [6.45, 7) is 0.504. The first kappa shape index (κ1) is 50.4. The van der Waals surface area contributed by atoms with Crippen LogP contribution >= 0.6 is 0 Å². The van der Waals surface area contributed by atoms with Crippen LogP contribution in [0.2, 0.25) is 0 Å². The second kappa shape index (κ2) is 25.1. The first-order valence-electron chi connectivity index (χ1n) is 20.8. The van der Waals surface area contributed by atoms with Crippen molar-refractivity contribution in [2.24, 2.45) is 47.1 Å². The summed E-state index contributed by atoms with van der Waals surface area (Å²) in [7, 11) is 0. The molecular formula is C36H63N11O11S2. The molecule has 0 aromatic carbocycles. The van der Waals surface area contributed by atoms with Gasteiger partial charge in [0.2, 0.25) is 19.6 Å². The van der Waals surface area contributed by atoms with Gasteiger partial charge in [0.1, 0.15) is 17.5 Å². The van der Waals surface area contributed by atoms with Crippen molar-refractivity contribution in [2.45, 2.75) is 154 Å². The Morgan fingerprint density at radius 2 is 1.03 bits per heavy atom. The molecule has 0 aromatic rings. The summed E-state index contributed by atoms with van der Waals surface area (Å²) in [6, 6.07) is 2.08. The largest absolute Gasteiger partial charge is 0.409 e. The number of hydroxylamine groups is 2. The Hall–Kier alpha value is -3.92. The lowest BCUT2D eigenvalue weighted by Crippen LogP contribution is -2.37. The minimum atomic E-state index is -1.68. The molecule has 6 rings (SSSR count). The molecule has 0 aromatic heterocycles. The van der Waals surface area contributed by atoms with Crippen LogP contribution in [0.3, 0.4) is 0 Å². The Morgan fingerprint density at radius 1 is 0.683 bits per heavy atom. The van der Waals surface area contributed by atoms with Gasteiger partial charge in [0.15, 0.2) is 0 Å². The Kier molecular flexibility index (Phi) is 21.1. The molecule has 2 aliphatic heterocycles. The van der Waals surface area contributed by atoms with E-state index in [9.17, 15) is 38.8 Å².